The van der Waals surface area contributed by atoms with Crippen LogP contribution in [0.15, 0.2) is 32.7 Å². The predicted molar refractivity (Wildman–Crippen MR) is 71.9 cm³/mol. The summed E-state index contributed by atoms with van der Waals surface area (Å²) in [6.07, 6.45) is 0. The summed E-state index contributed by atoms with van der Waals surface area (Å²) in [6.45, 7) is 4.13. The molecular weight excluding hydrogens is 345 g/mol. The minimum atomic E-state index is 0.519. The average molecular weight is 355 g/mol. The molecular formula is C10H10Br2ClNO. The summed E-state index contributed by atoms with van der Waals surface area (Å²) in [5.74, 6) is 0.765. The number of benzene rings is 1. The van der Waals surface area contributed by atoms with Crippen LogP contribution in [0.5, 0.6) is 5.75 Å². The SMILES string of the molecule is C=C(Cl)CNc1cc(OC)c(Br)cc1Br. The quantitative estimate of drug-likeness (QED) is 0.865. The summed E-state index contributed by atoms with van der Waals surface area (Å²) in [4.78, 5) is 0. The third-order valence-corrected chi connectivity index (χ3v) is 3.12. The zero-order valence-electron chi connectivity index (χ0n) is 8.11. The van der Waals surface area contributed by atoms with Gasteiger partial charge >= 0.3 is 0 Å². The lowest BCUT2D eigenvalue weighted by molar-refractivity contribution is 0.412. The highest BCUT2D eigenvalue weighted by molar-refractivity contribution is 9.11. The number of halogens is 3. The van der Waals surface area contributed by atoms with E-state index in [0.29, 0.717) is 11.6 Å². The van der Waals surface area contributed by atoms with Gasteiger partial charge in [-0.2, -0.15) is 0 Å². The lowest BCUT2D eigenvalue weighted by atomic mass is 10.3. The minimum absolute atomic E-state index is 0.519. The van der Waals surface area contributed by atoms with Gasteiger partial charge in [0.25, 0.3) is 0 Å². The number of ether oxygens (including phenoxy) is 1. The fourth-order valence-corrected chi connectivity index (χ4v) is 2.37. The van der Waals surface area contributed by atoms with Gasteiger partial charge in [-0.15, -0.1) is 0 Å². The van der Waals surface area contributed by atoms with Crippen LogP contribution in [-0.2, 0) is 0 Å². The monoisotopic (exact) mass is 353 g/mol. The van der Waals surface area contributed by atoms with Gasteiger partial charge in [0.05, 0.1) is 23.8 Å². The predicted octanol–water partition coefficient (Wildman–Crippen LogP) is 4.38. The van der Waals surface area contributed by atoms with E-state index in [9.17, 15) is 0 Å². The summed E-state index contributed by atoms with van der Waals surface area (Å²) in [7, 11) is 1.62. The number of hydrogen-bond donors (Lipinski definition) is 1. The lowest BCUT2D eigenvalue weighted by Crippen LogP contribution is -2.02. The first-order valence-corrected chi connectivity index (χ1v) is 6.11. The molecule has 1 N–H and O–H groups in total. The van der Waals surface area contributed by atoms with E-state index in [0.717, 1.165) is 20.4 Å². The third-order valence-electron chi connectivity index (χ3n) is 1.71. The van der Waals surface area contributed by atoms with Gasteiger partial charge in [0.2, 0.25) is 0 Å². The van der Waals surface area contributed by atoms with Gasteiger partial charge in [-0.05, 0) is 37.9 Å². The normalized spacial score (nSPS) is 9.87. The van der Waals surface area contributed by atoms with E-state index in [-0.39, 0.29) is 0 Å². The molecule has 0 aromatic heterocycles. The van der Waals surface area contributed by atoms with Crippen molar-refractivity contribution in [3.63, 3.8) is 0 Å². The molecule has 15 heavy (non-hydrogen) atoms. The van der Waals surface area contributed by atoms with Crippen molar-refractivity contribution in [1.82, 2.24) is 0 Å². The maximum Gasteiger partial charge on any atom is 0.135 e. The molecule has 0 spiro atoms. The summed E-state index contributed by atoms with van der Waals surface area (Å²) < 4.78 is 7.02. The van der Waals surface area contributed by atoms with Crippen molar-refractivity contribution in [2.45, 2.75) is 0 Å². The summed E-state index contributed by atoms with van der Waals surface area (Å²) in [5.41, 5.74) is 0.914. The minimum Gasteiger partial charge on any atom is -0.495 e. The molecule has 82 valence electrons. The van der Waals surface area contributed by atoms with Crippen molar-refractivity contribution < 1.29 is 4.74 Å². The van der Waals surface area contributed by atoms with Crippen LogP contribution >= 0.6 is 43.5 Å². The van der Waals surface area contributed by atoms with Crippen LogP contribution in [0, 0.1) is 0 Å². The number of anilines is 1. The zero-order chi connectivity index (χ0) is 11.4. The van der Waals surface area contributed by atoms with Crippen molar-refractivity contribution >= 4 is 49.1 Å². The van der Waals surface area contributed by atoms with Crippen LogP contribution in [0.1, 0.15) is 0 Å². The largest absolute Gasteiger partial charge is 0.495 e. The van der Waals surface area contributed by atoms with Crippen molar-refractivity contribution in [1.29, 1.82) is 0 Å². The number of rotatable bonds is 4. The Morgan fingerprint density at radius 3 is 2.67 bits per heavy atom. The maximum absolute atomic E-state index is 5.67. The van der Waals surface area contributed by atoms with Gasteiger partial charge in [0.1, 0.15) is 5.75 Å². The molecule has 1 aromatic rings. The number of nitrogens with one attached hydrogen (secondary N) is 1. The Morgan fingerprint density at radius 1 is 1.47 bits per heavy atom. The molecule has 0 saturated heterocycles. The van der Waals surface area contributed by atoms with Crippen LogP contribution in [0.2, 0.25) is 0 Å². The van der Waals surface area contributed by atoms with Crippen LogP contribution in [0.4, 0.5) is 5.69 Å². The molecule has 2 nitrogen and oxygen atoms in total. The van der Waals surface area contributed by atoms with E-state index in [1.165, 1.54) is 0 Å². The Morgan fingerprint density at radius 2 is 2.13 bits per heavy atom. The second-order valence-electron chi connectivity index (χ2n) is 2.84. The van der Waals surface area contributed by atoms with Gasteiger partial charge in [0.15, 0.2) is 0 Å². The third kappa shape index (κ3) is 3.70. The first-order valence-electron chi connectivity index (χ1n) is 4.14. The Bertz CT molecular complexity index is 382. The van der Waals surface area contributed by atoms with Crippen LogP contribution < -0.4 is 10.1 Å². The van der Waals surface area contributed by atoms with Gasteiger partial charge in [-0.25, -0.2) is 0 Å². The highest BCUT2D eigenvalue weighted by atomic mass is 79.9. The molecule has 0 unspecified atom stereocenters. The molecule has 0 aliphatic heterocycles. The number of hydrogen-bond acceptors (Lipinski definition) is 2. The highest BCUT2D eigenvalue weighted by Gasteiger charge is 2.06. The van der Waals surface area contributed by atoms with Gasteiger partial charge in [-0.1, -0.05) is 18.2 Å². The second kappa shape index (κ2) is 5.77. The highest BCUT2D eigenvalue weighted by Crippen LogP contribution is 2.34. The summed E-state index contributed by atoms with van der Waals surface area (Å²) in [6, 6.07) is 3.80. The Kier molecular flexibility index (Phi) is 4.96. The lowest BCUT2D eigenvalue weighted by Gasteiger charge is -2.11. The molecule has 0 amide bonds. The fraction of sp³-hybridized carbons (Fsp3) is 0.200. The molecule has 5 heteroatoms. The second-order valence-corrected chi connectivity index (χ2v) is 5.08. The van der Waals surface area contributed by atoms with Crippen molar-refractivity contribution in [3.05, 3.63) is 32.7 Å². The summed E-state index contributed by atoms with van der Waals surface area (Å²) >= 11 is 12.5. The topological polar surface area (TPSA) is 21.3 Å². The standard InChI is InChI=1S/C10H10Br2ClNO/c1-6(13)5-14-9-4-10(15-2)8(12)3-7(9)11/h3-4,14H,1,5H2,2H3. The molecule has 1 rings (SSSR count). The molecule has 0 heterocycles. The molecule has 1 aromatic carbocycles. The smallest absolute Gasteiger partial charge is 0.135 e. The maximum atomic E-state index is 5.67. The van der Waals surface area contributed by atoms with Crippen molar-refractivity contribution in [2.24, 2.45) is 0 Å². The molecule has 0 saturated carbocycles. The number of methoxy groups -OCH3 is 1. The van der Waals surface area contributed by atoms with Gasteiger partial charge in [0, 0.05) is 15.6 Å². The van der Waals surface area contributed by atoms with E-state index in [4.69, 9.17) is 16.3 Å². The van der Waals surface area contributed by atoms with Gasteiger partial charge in [-0.3, -0.25) is 0 Å². The molecule has 0 aliphatic carbocycles. The van der Waals surface area contributed by atoms with Gasteiger partial charge < -0.3 is 10.1 Å². The molecule has 0 bridgehead atoms. The molecule has 0 atom stereocenters. The Hall–Kier alpha value is -0.190. The van der Waals surface area contributed by atoms with Crippen LogP contribution in [0.25, 0.3) is 0 Å². The first kappa shape index (κ1) is 12.9. The van der Waals surface area contributed by atoms with E-state index >= 15 is 0 Å². The van der Waals surface area contributed by atoms with Crippen molar-refractivity contribution in [2.75, 3.05) is 19.0 Å². The molecule has 0 fully saturated rings. The first-order chi connectivity index (χ1) is 7.04. The van der Waals surface area contributed by atoms with E-state index in [2.05, 4.69) is 43.8 Å². The Labute approximate surface area is 111 Å². The van der Waals surface area contributed by atoms with Crippen LogP contribution in [0.3, 0.4) is 0 Å². The molecule has 0 radical (unpaired) electrons. The zero-order valence-corrected chi connectivity index (χ0v) is 12.0. The van der Waals surface area contributed by atoms with Crippen molar-refractivity contribution in [3.8, 4) is 5.75 Å². The van der Waals surface area contributed by atoms with Crippen LogP contribution in [-0.4, -0.2) is 13.7 Å². The summed E-state index contributed by atoms with van der Waals surface area (Å²) in [5, 5.41) is 3.69. The van der Waals surface area contributed by atoms with E-state index in [1.54, 1.807) is 7.11 Å². The molecule has 0 aliphatic rings. The Balaban J connectivity index is 2.92. The van der Waals surface area contributed by atoms with E-state index < -0.39 is 0 Å². The van der Waals surface area contributed by atoms with E-state index in [1.807, 2.05) is 12.1 Å². The fourth-order valence-electron chi connectivity index (χ4n) is 1.01. The average Bonchev–Trinajstić information content (AvgIpc) is 2.16.